The van der Waals surface area contributed by atoms with E-state index in [0.29, 0.717) is 0 Å². The number of likely N-dealkylation sites (tertiary alicyclic amines) is 1. The summed E-state index contributed by atoms with van der Waals surface area (Å²) in [5.74, 6) is 0. The van der Waals surface area contributed by atoms with Gasteiger partial charge in [-0.25, -0.2) is 0 Å². The Morgan fingerprint density at radius 1 is 1.50 bits per heavy atom. The lowest BCUT2D eigenvalue weighted by molar-refractivity contribution is 0.0880. The topological polar surface area (TPSA) is 23.5 Å². The first-order valence-electron chi connectivity index (χ1n) is 3.76. The number of hydrogen-bond acceptors (Lipinski definition) is 2. The van der Waals surface area contributed by atoms with Gasteiger partial charge in [0.15, 0.2) is 0 Å². The summed E-state index contributed by atoms with van der Waals surface area (Å²) in [6, 6.07) is 0. The molecule has 0 atom stereocenters. The molecule has 1 fully saturated rings. The van der Waals surface area contributed by atoms with Gasteiger partial charge in [0.25, 0.3) is 0 Å². The zero-order valence-corrected chi connectivity index (χ0v) is 6.16. The summed E-state index contributed by atoms with van der Waals surface area (Å²) in [7, 11) is 0. The smallest absolute Gasteiger partial charge is 0.0564 e. The van der Waals surface area contributed by atoms with Crippen LogP contribution in [-0.4, -0.2) is 35.7 Å². The summed E-state index contributed by atoms with van der Waals surface area (Å²) >= 11 is 0. The molecule has 1 rings (SSSR count). The van der Waals surface area contributed by atoms with Crippen LogP contribution in [0.15, 0.2) is 6.08 Å². The fourth-order valence-electron chi connectivity index (χ4n) is 1.25. The van der Waals surface area contributed by atoms with Crippen molar-refractivity contribution in [1.82, 2.24) is 4.90 Å². The molecule has 0 aliphatic carbocycles. The molecule has 10 heavy (non-hydrogen) atoms. The van der Waals surface area contributed by atoms with Crippen molar-refractivity contribution in [2.24, 2.45) is 0 Å². The SMILES string of the molecule is [CH]=CCN1CCC(O)CC1. The number of hydrogen-bond donors (Lipinski definition) is 1. The Bertz CT molecular complexity index is 106. The van der Waals surface area contributed by atoms with E-state index in [1.807, 2.05) is 0 Å². The molecule has 1 aliphatic heterocycles. The molecule has 0 bridgehead atoms. The third-order valence-electron chi connectivity index (χ3n) is 1.92. The fourth-order valence-corrected chi connectivity index (χ4v) is 1.25. The highest BCUT2D eigenvalue weighted by Gasteiger charge is 2.14. The minimum absolute atomic E-state index is 0.0750. The molecule has 0 spiro atoms. The van der Waals surface area contributed by atoms with Gasteiger partial charge in [0, 0.05) is 19.6 Å². The zero-order valence-electron chi connectivity index (χ0n) is 6.16. The highest BCUT2D eigenvalue weighted by Crippen LogP contribution is 2.08. The minimum atomic E-state index is -0.0750. The summed E-state index contributed by atoms with van der Waals surface area (Å²) in [6.45, 7) is 8.08. The summed E-state index contributed by atoms with van der Waals surface area (Å²) in [4.78, 5) is 2.24. The van der Waals surface area contributed by atoms with Gasteiger partial charge in [-0.3, -0.25) is 4.90 Å². The van der Waals surface area contributed by atoms with Crippen molar-refractivity contribution in [3.63, 3.8) is 0 Å². The molecule has 1 aliphatic rings. The summed E-state index contributed by atoms with van der Waals surface area (Å²) < 4.78 is 0. The Kier molecular flexibility index (Phi) is 2.90. The Balaban J connectivity index is 2.19. The summed E-state index contributed by atoms with van der Waals surface area (Å²) in [6.07, 6.45) is 3.38. The Morgan fingerprint density at radius 3 is 2.60 bits per heavy atom. The van der Waals surface area contributed by atoms with Crippen LogP contribution in [0.25, 0.3) is 0 Å². The Hall–Kier alpha value is -0.340. The van der Waals surface area contributed by atoms with Gasteiger partial charge in [-0.2, -0.15) is 0 Å². The van der Waals surface area contributed by atoms with Gasteiger partial charge in [-0.1, -0.05) is 12.7 Å². The van der Waals surface area contributed by atoms with E-state index in [0.717, 1.165) is 32.5 Å². The second-order valence-corrected chi connectivity index (χ2v) is 2.77. The molecule has 57 valence electrons. The summed E-state index contributed by atoms with van der Waals surface area (Å²) in [5.41, 5.74) is 0. The highest BCUT2D eigenvalue weighted by molar-refractivity contribution is 4.76. The third-order valence-corrected chi connectivity index (χ3v) is 1.92. The molecule has 0 aromatic rings. The van der Waals surface area contributed by atoms with Crippen LogP contribution in [0.5, 0.6) is 0 Å². The highest BCUT2D eigenvalue weighted by atomic mass is 16.3. The van der Waals surface area contributed by atoms with E-state index in [9.17, 15) is 0 Å². The van der Waals surface area contributed by atoms with Crippen LogP contribution < -0.4 is 0 Å². The number of aliphatic hydroxyl groups excluding tert-OH is 1. The first-order valence-corrected chi connectivity index (χ1v) is 3.76. The maximum atomic E-state index is 9.13. The van der Waals surface area contributed by atoms with Crippen LogP contribution >= 0.6 is 0 Å². The molecule has 0 amide bonds. The van der Waals surface area contributed by atoms with Crippen molar-refractivity contribution in [2.75, 3.05) is 19.6 Å². The molecule has 2 nitrogen and oxygen atoms in total. The van der Waals surface area contributed by atoms with E-state index in [4.69, 9.17) is 11.7 Å². The standard InChI is InChI=1S/C8H14NO/c1-2-5-9-6-3-8(10)4-7-9/h1-2,8,10H,3-7H2. The van der Waals surface area contributed by atoms with Crippen molar-refractivity contribution < 1.29 is 5.11 Å². The van der Waals surface area contributed by atoms with E-state index in [1.54, 1.807) is 6.08 Å². The van der Waals surface area contributed by atoms with E-state index in [-0.39, 0.29) is 6.10 Å². The largest absolute Gasteiger partial charge is 0.393 e. The predicted octanol–water partition coefficient (Wildman–Crippen LogP) is 0.432. The van der Waals surface area contributed by atoms with Crippen molar-refractivity contribution in [1.29, 1.82) is 0 Å². The molecule has 2 heteroatoms. The molecule has 1 saturated heterocycles. The van der Waals surface area contributed by atoms with Gasteiger partial charge in [-0.05, 0) is 12.8 Å². The molecule has 0 aromatic carbocycles. The Morgan fingerprint density at radius 2 is 2.10 bits per heavy atom. The lowest BCUT2D eigenvalue weighted by Crippen LogP contribution is -2.35. The van der Waals surface area contributed by atoms with Crippen molar-refractivity contribution >= 4 is 0 Å². The average molecular weight is 140 g/mol. The number of aliphatic hydroxyl groups is 1. The van der Waals surface area contributed by atoms with Crippen LogP contribution in [0.3, 0.4) is 0 Å². The van der Waals surface area contributed by atoms with Crippen LogP contribution in [0, 0.1) is 6.58 Å². The van der Waals surface area contributed by atoms with E-state index >= 15 is 0 Å². The van der Waals surface area contributed by atoms with Crippen molar-refractivity contribution in [3.8, 4) is 0 Å². The van der Waals surface area contributed by atoms with Gasteiger partial charge in [0.05, 0.1) is 6.10 Å². The lowest BCUT2D eigenvalue weighted by Gasteiger charge is -2.28. The fraction of sp³-hybridized carbons (Fsp3) is 0.750. The quantitative estimate of drug-likeness (QED) is 0.601. The van der Waals surface area contributed by atoms with Gasteiger partial charge in [0.1, 0.15) is 0 Å². The molecule has 0 aromatic heterocycles. The monoisotopic (exact) mass is 140 g/mol. The van der Waals surface area contributed by atoms with Crippen LogP contribution in [0.4, 0.5) is 0 Å². The van der Waals surface area contributed by atoms with E-state index in [2.05, 4.69) is 4.90 Å². The van der Waals surface area contributed by atoms with E-state index in [1.165, 1.54) is 0 Å². The van der Waals surface area contributed by atoms with Crippen LogP contribution in [0.1, 0.15) is 12.8 Å². The first kappa shape index (κ1) is 7.76. The van der Waals surface area contributed by atoms with E-state index < -0.39 is 0 Å². The van der Waals surface area contributed by atoms with Gasteiger partial charge >= 0.3 is 0 Å². The average Bonchev–Trinajstić information content (AvgIpc) is 1.95. The normalized spacial score (nSPS) is 22.9. The van der Waals surface area contributed by atoms with Crippen LogP contribution in [0.2, 0.25) is 0 Å². The number of nitrogens with zero attached hydrogens (tertiary/aromatic N) is 1. The van der Waals surface area contributed by atoms with Crippen LogP contribution in [-0.2, 0) is 0 Å². The Labute approximate surface area is 62.2 Å². The third kappa shape index (κ3) is 2.12. The lowest BCUT2D eigenvalue weighted by atomic mass is 10.1. The molecule has 1 radical (unpaired) electrons. The molecule has 1 heterocycles. The molecule has 0 unspecified atom stereocenters. The van der Waals surface area contributed by atoms with Gasteiger partial charge in [-0.15, -0.1) is 0 Å². The second-order valence-electron chi connectivity index (χ2n) is 2.77. The van der Waals surface area contributed by atoms with Crippen molar-refractivity contribution in [2.45, 2.75) is 18.9 Å². The summed E-state index contributed by atoms with van der Waals surface area (Å²) in [5, 5.41) is 9.13. The second kappa shape index (κ2) is 3.74. The minimum Gasteiger partial charge on any atom is -0.393 e. The molecular formula is C8H14NO. The zero-order chi connectivity index (χ0) is 7.40. The molecule has 1 N–H and O–H groups in total. The predicted molar refractivity (Wildman–Crippen MR) is 40.6 cm³/mol. The number of rotatable bonds is 2. The maximum absolute atomic E-state index is 9.13. The van der Waals surface area contributed by atoms with Gasteiger partial charge < -0.3 is 5.11 Å². The number of piperidine rings is 1. The molecule has 0 saturated carbocycles. The van der Waals surface area contributed by atoms with Gasteiger partial charge in [0.2, 0.25) is 0 Å². The first-order chi connectivity index (χ1) is 4.83. The van der Waals surface area contributed by atoms with Crippen molar-refractivity contribution in [3.05, 3.63) is 12.7 Å². The maximum Gasteiger partial charge on any atom is 0.0564 e. The molecular weight excluding hydrogens is 126 g/mol.